The maximum absolute atomic E-state index is 8.95. The van der Waals surface area contributed by atoms with Crippen LogP contribution >= 0.6 is 11.3 Å². The van der Waals surface area contributed by atoms with Crippen LogP contribution in [0.15, 0.2) is 11.4 Å². The van der Waals surface area contributed by atoms with Crippen LogP contribution in [0.4, 0.5) is 0 Å². The Hall–Kier alpha value is -0.580. The number of rotatable bonds is 4. The summed E-state index contributed by atoms with van der Waals surface area (Å²) in [5.74, 6) is 0.755. The largest absolute Gasteiger partial charge is 0.490 e. The third kappa shape index (κ3) is 2.81. The van der Waals surface area contributed by atoms with Gasteiger partial charge in [0.05, 0.1) is 6.61 Å². The van der Waals surface area contributed by atoms with Crippen molar-refractivity contribution in [1.29, 1.82) is 0 Å². The molecule has 68 valence electrons. The Balaban J connectivity index is 2.33. The number of aliphatic hydroxyl groups is 2. The molecule has 1 atom stereocenters. The summed E-state index contributed by atoms with van der Waals surface area (Å²) in [5.41, 5.74) is 0. The van der Waals surface area contributed by atoms with Crippen molar-refractivity contribution in [1.82, 2.24) is 0 Å². The lowest BCUT2D eigenvalue weighted by Gasteiger charge is -2.07. The molecule has 0 spiro atoms. The maximum atomic E-state index is 8.95. The van der Waals surface area contributed by atoms with Crippen molar-refractivity contribution in [3.05, 3.63) is 16.3 Å². The topological polar surface area (TPSA) is 49.7 Å². The first-order chi connectivity index (χ1) is 5.72. The molecule has 3 nitrogen and oxygen atoms in total. The lowest BCUT2D eigenvalue weighted by atomic mass is 10.4. The Morgan fingerprint density at radius 3 is 2.92 bits per heavy atom. The van der Waals surface area contributed by atoms with Gasteiger partial charge in [0, 0.05) is 10.3 Å². The maximum Gasteiger partial charge on any atom is 0.130 e. The molecule has 0 saturated carbocycles. The molecule has 1 aromatic rings. The Morgan fingerprint density at radius 1 is 1.67 bits per heavy atom. The highest BCUT2D eigenvalue weighted by molar-refractivity contribution is 7.10. The highest BCUT2D eigenvalue weighted by atomic mass is 32.1. The molecule has 4 heteroatoms. The van der Waals surface area contributed by atoms with Crippen molar-refractivity contribution in [2.45, 2.75) is 13.0 Å². The van der Waals surface area contributed by atoms with Crippen LogP contribution in [0.25, 0.3) is 0 Å². The first-order valence-electron chi connectivity index (χ1n) is 3.69. The fourth-order valence-electron chi connectivity index (χ4n) is 0.740. The van der Waals surface area contributed by atoms with Gasteiger partial charge in [-0.3, -0.25) is 0 Å². The molecule has 0 amide bonds. The lowest BCUT2D eigenvalue weighted by Crippen LogP contribution is -2.21. The summed E-state index contributed by atoms with van der Waals surface area (Å²) in [6.07, 6.45) is -0.787. The first-order valence-corrected chi connectivity index (χ1v) is 4.57. The molecule has 1 rings (SSSR count). The summed E-state index contributed by atoms with van der Waals surface area (Å²) in [7, 11) is 0. The number of aliphatic hydroxyl groups excluding tert-OH is 2. The first kappa shape index (κ1) is 9.51. The van der Waals surface area contributed by atoms with E-state index in [1.54, 1.807) is 11.3 Å². The van der Waals surface area contributed by atoms with Crippen LogP contribution in [0.2, 0.25) is 0 Å². The summed E-state index contributed by atoms with van der Waals surface area (Å²) < 4.78 is 5.18. The number of hydrogen-bond donors (Lipinski definition) is 2. The van der Waals surface area contributed by atoms with Crippen molar-refractivity contribution in [3.63, 3.8) is 0 Å². The third-order valence-electron chi connectivity index (χ3n) is 1.36. The highest BCUT2D eigenvalue weighted by Gasteiger charge is 2.03. The molecule has 0 aromatic carbocycles. The molecule has 0 saturated heterocycles. The SMILES string of the molecule is Cc1cc(OCC(O)CO)cs1. The molecule has 1 aromatic heterocycles. The molecule has 1 unspecified atom stereocenters. The Bertz CT molecular complexity index is 234. The van der Waals surface area contributed by atoms with Gasteiger partial charge in [0.1, 0.15) is 18.5 Å². The zero-order chi connectivity index (χ0) is 8.97. The van der Waals surface area contributed by atoms with E-state index in [0.717, 1.165) is 5.75 Å². The molecule has 1 heterocycles. The summed E-state index contributed by atoms with van der Waals surface area (Å²) in [6, 6.07) is 1.90. The zero-order valence-corrected chi connectivity index (χ0v) is 7.67. The van der Waals surface area contributed by atoms with Crippen LogP contribution in [0.5, 0.6) is 5.75 Å². The standard InChI is InChI=1S/C8H12O3S/c1-6-2-8(5-12-6)11-4-7(10)3-9/h2,5,7,9-10H,3-4H2,1H3. The molecule has 0 bridgehead atoms. The van der Waals surface area contributed by atoms with Gasteiger partial charge in [-0.2, -0.15) is 0 Å². The van der Waals surface area contributed by atoms with Crippen molar-refractivity contribution in [2.24, 2.45) is 0 Å². The minimum Gasteiger partial charge on any atom is -0.490 e. The van der Waals surface area contributed by atoms with E-state index in [-0.39, 0.29) is 13.2 Å². The van der Waals surface area contributed by atoms with Gasteiger partial charge < -0.3 is 14.9 Å². The molecule has 2 N–H and O–H groups in total. The second-order valence-corrected chi connectivity index (χ2v) is 3.66. The fourth-order valence-corrected chi connectivity index (χ4v) is 1.36. The van der Waals surface area contributed by atoms with E-state index >= 15 is 0 Å². The van der Waals surface area contributed by atoms with E-state index in [0.29, 0.717) is 0 Å². The van der Waals surface area contributed by atoms with E-state index in [1.165, 1.54) is 4.88 Å². The van der Waals surface area contributed by atoms with Gasteiger partial charge in [-0.25, -0.2) is 0 Å². The quantitative estimate of drug-likeness (QED) is 0.734. The van der Waals surface area contributed by atoms with E-state index in [2.05, 4.69) is 0 Å². The van der Waals surface area contributed by atoms with Crippen LogP contribution in [0.1, 0.15) is 4.88 Å². The van der Waals surface area contributed by atoms with Gasteiger partial charge >= 0.3 is 0 Å². The van der Waals surface area contributed by atoms with Gasteiger partial charge in [-0.1, -0.05) is 0 Å². The molecular weight excluding hydrogens is 176 g/mol. The van der Waals surface area contributed by atoms with Gasteiger partial charge in [0.25, 0.3) is 0 Å². The van der Waals surface area contributed by atoms with E-state index in [1.807, 2.05) is 18.4 Å². The van der Waals surface area contributed by atoms with Crippen molar-refractivity contribution < 1.29 is 14.9 Å². The van der Waals surface area contributed by atoms with Gasteiger partial charge in [-0.15, -0.1) is 11.3 Å². The van der Waals surface area contributed by atoms with Crippen LogP contribution in [-0.4, -0.2) is 29.5 Å². The molecule has 12 heavy (non-hydrogen) atoms. The van der Waals surface area contributed by atoms with Gasteiger partial charge in [0.15, 0.2) is 0 Å². The Morgan fingerprint density at radius 2 is 2.42 bits per heavy atom. The van der Waals surface area contributed by atoms with Crippen molar-refractivity contribution >= 4 is 11.3 Å². The summed E-state index contributed by atoms with van der Waals surface area (Å²) in [5, 5.41) is 19.3. The average Bonchev–Trinajstić information content (AvgIpc) is 2.47. The van der Waals surface area contributed by atoms with Gasteiger partial charge in [0.2, 0.25) is 0 Å². The number of ether oxygens (including phenoxy) is 1. The monoisotopic (exact) mass is 188 g/mol. The Kier molecular flexibility index (Phi) is 3.52. The van der Waals surface area contributed by atoms with E-state index < -0.39 is 6.10 Å². The van der Waals surface area contributed by atoms with Crippen molar-refractivity contribution in [3.8, 4) is 5.75 Å². The summed E-state index contributed by atoms with van der Waals surface area (Å²) in [6.45, 7) is 1.87. The molecular formula is C8H12O3S. The summed E-state index contributed by atoms with van der Waals surface area (Å²) >= 11 is 1.59. The van der Waals surface area contributed by atoms with Crippen molar-refractivity contribution in [2.75, 3.05) is 13.2 Å². The second-order valence-electron chi connectivity index (χ2n) is 2.54. The zero-order valence-electron chi connectivity index (χ0n) is 6.86. The predicted molar refractivity (Wildman–Crippen MR) is 47.6 cm³/mol. The predicted octanol–water partition coefficient (Wildman–Crippen LogP) is 0.789. The summed E-state index contributed by atoms with van der Waals surface area (Å²) in [4.78, 5) is 1.17. The van der Waals surface area contributed by atoms with Crippen LogP contribution < -0.4 is 4.74 Å². The average molecular weight is 188 g/mol. The second kappa shape index (κ2) is 4.45. The van der Waals surface area contributed by atoms with Crippen LogP contribution in [-0.2, 0) is 0 Å². The van der Waals surface area contributed by atoms with Crippen LogP contribution in [0, 0.1) is 6.92 Å². The third-order valence-corrected chi connectivity index (χ3v) is 2.20. The molecule has 0 aliphatic carbocycles. The Labute approximate surface area is 75.2 Å². The minimum absolute atomic E-state index is 0.146. The molecule has 0 aliphatic rings. The molecule has 0 radical (unpaired) electrons. The molecule has 0 aliphatic heterocycles. The number of thiophene rings is 1. The molecule has 0 fully saturated rings. The number of hydrogen-bond acceptors (Lipinski definition) is 4. The lowest BCUT2D eigenvalue weighted by molar-refractivity contribution is 0.0537. The van der Waals surface area contributed by atoms with Gasteiger partial charge in [-0.05, 0) is 13.0 Å². The highest BCUT2D eigenvalue weighted by Crippen LogP contribution is 2.20. The minimum atomic E-state index is -0.787. The van der Waals surface area contributed by atoms with E-state index in [4.69, 9.17) is 14.9 Å². The van der Waals surface area contributed by atoms with Crippen LogP contribution in [0.3, 0.4) is 0 Å². The fraction of sp³-hybridized carbons (Fsp3) is 0.500. The smallest absolute Gasteiger partial charge is 0.130 e. The van der Waals surface area contributed by atoms with E-state index in [9.17, 15) is 0 Å². The normalized spacial score (nSPS) is 12.9. The number of aryl methyl sites for hydroxylation is 1.